The zero-order valence-electron chi connectivity index (χ0n) is 11.7. The molecule has 0 spiro atoms. The average Bonchev–Trinajstić information content (AvgIpc) is 3.08. The molecule has 0 bridgehead atoms. The van der Waals surface area contributed by atoms with Gasteiger partial charge >= 0.3 is 6.18 Å². The van der Waals surface area contributed by atoms with Crippen molar-refractivity contribution in [3.8, 4) is 11.4 Å². The number of tetrazole rings is 1. The molecule has 0 radical (unpaired) electrons. The molecule has 3 rings (SSSR count). The molecule has 0 saturated heterocycles. The van der Waals surface area contributed by atoms with Crippen LogP contribution in [-0.4, -0.2) is 35.2 Å². The molecule has 0 saturated carbocycles. The molecule has 0 aliphatic rings. The van der Waals surface area contributed by atoms with Gasteiger partial charge in [0.05, 0.1) is 11.8 Å². The van der Waals surface area contributed by atoms with Crippen LogP contribution >= 0.6 is 15.9 Å². The van der Waals surface area contributed by atoms with Crippen LogP contribution < -0.4 is 0 Å². The number of hydrogen-bond donors (Lipinski definition) is 0. The fraction of sp³-hybridized carbons (Fsp3) is 0.250. The van der Waals surface area contributed by atoms with Gasteiger partial charge in [0, 0.05) is 17.1 Å². The van der Waals surface area contributed by atoms with Crippen molar-refractivity contribution in [2.75, 3.05) is 0 Å². The standard InChI is InChI=1S/C12H9BrF3N7/c1-22-5-8(17-20-22)6-23-19-11(18-21-23)9-3-2-7(13)4-10(9)12(14,15)16/h2-5H,6H2,1H3. The fourth-order valence-electron chi connectivity index (χ4n) is 1.98. The Morgan fingerprint density at radius 1 is 1.17 bits per heavy atom. The van der Waals surface area contributed by atoms with Gasteiger partial charge in [0.15, 0.2) is 0 Å². The summed E-state index contributed by atoms with van der Waals surface area (Å²) in [6, 6.07) is 3.78. The number of aryl methyl sites for hydroxylation is 1. The van der Waals surface area contributed by atoms with Gasteiger partial charge in [0.2, 0.25) is 5.82 Å². The second-order valence-corrected chi connectivity index (χ2v) is 5.63. The van der Waals surface area contributed by atoms with Crippen molar-refractivity contribution in [2.45, 2.75) is 12.7 Å². The highest BCUT2D eigenvalue weighted by atomic mass is 79.9. The monoisotopic (exact) mass is 387 g/mol. The zero-order chi connectivity index (χ0) is 16.6. The van der Waals surface area contributed by atoms with Crippen LogP contribution in [0.15, 0.2) is 28.9 Å². The summed E-state index contributed by atoms with van der Waals surface area (Å²) in [5.74, 6) is -0.103. The molecular weight excluding hydrogens is 379 g/mol. The van der Waals surface area contributed by atoms with Crippen molar-refractivity contribution >= 4 is 15.9 Å². The van der Waals surface area contributed by atoms with E-state index in [2.05, 4.69) is 41.7 Å². The van der Waals surface area contributed by atoms with Gasteiger partial charge in [-0.1, -0.05) is 21.1 Å². The first-order valence-electron chi connectivity index (χ1n) is 6.33. The molecule has 0 atom stereocenters. The number of alkyl halides is 3. The van der Waals surface area contributed by atoms with E-state index < -0.39 is 11.7 Å². The molecule has 1 aromatic carbocycles. The molecule has 0 amide bonds. The summed E-state index contributed by atoms with van der Waals surface area (Å²) >= 11 is 3.03. The first-order chi connectivity index (χ1) is 10.8. The van der Waals surface area contributed by atoms with Crippen molar-refractivity contribution in [3.63, 3.8) is 0 Å². The summed E-state index contributed by atoms with van der Waals surface area (Å²) < 4.78 is 41.3. The number of rotatable bonds is 3. The lowest BCUT2D eigenvalue weighted by Crippen LogP contribution is -2.08. The van der Waals surface area contributed by atoms with Gasteiger partial charge in [-0.2, -0.15) is 18.0 Å². The fourth-order valence-corrected chi connectivity index (χ4v) is 2.34. The largest absolute Gasteiger partial charge is 0.417 e. The Kier molecular flexibility index (Phi) is 3.88. The quantitative estimate of drug-likeness (QED) is 0.689. The van der Waals surface area contributed by atoms with E-state index >= 15 is 0 Å². The van der Waals surface area contributed by atoms with Crippen LogP contribution in [0.1, 0.15) is 11.3 Å². The normalized spacial score (nSPS) is 11.9. The molecule has 2 heterocycles. The van der Waals surface area contributed by atoms with E-state index in [1.165, 1.54) is 21.6 Å². The molecule has 0 fully saturated rings. The SMILES string of the molecule is Cn1cc(Cn2nnc(-c3ccc(Br)cc3C(F)(F)F)n2)nn1. The van der Waals surface area contributed by atoms with Crippen molar-refractivity contribution < 1.29 is 13.2 Å². The van der Waals surface area contributed by atoms with Gasteiger partial charge in [-0.15, -0.1) is 15.3 Å². The second kappa shape index (κ2) is 5.72. The summed E-state index contributed by atoms with van der Waals surface area (Å²) in [5.41, 5.74) is -0.389. The third kappa shape index (κ3) is 3.38. The van der Waals surface area contributed by atoms with Crippen molar-refractivity contribution in [1.29, 1.82) is 0 Å². The van der Waals surface area contributed by atoms with Gasteiger partial charge in [-0.3, -0.25) is 4.68 Å². The first kappa shape index (κ1) is 15.6. The van der Waals surface area contributed by atoms with Crippen LogP contribution in [0, 0.1) is 0 Å². The highest BCUT2D eigenvalue weighted by Gasteiger charge is 2.35. The van der Waals surface area contributed by atoms with Crippen LogP contribution in [0.2, 0.25) is 0 Å². The van der Waals surface area contributed by atoms with E-state index in [4.69, 9.17) is 0 Å². The molecule has 3 aromatic rings. The summed E-state index contributed by atoms with van der Waals surface area (Å²) in [6.45, 7) is 0.165. The number of aromatic nitrogens is 7. The lowest BCUT2D eigenvalue weighted by atomic mass is 10.1. The zero-order valence-corrected chi connectivity index (χ0v) is 13.2. The van der Waals surface area contributed by atoms with Crippen LogP contribution in [0.3, 0.4) is 0 Å². The van der Waals surface area contributed by atoms with Crippen LogP contribution in [0.5, 0.6) is 0 Å². The molecule has 0 unspecified atom stereocenters. The molecule has 0 N–H and O–H groups in total. The van der Waals surface area contributed by atoms with E-state index in [0.29, 0.717) is 10.2 Å². The molecule has 0 aliphatic carbocycles. The number of nitrogens with zero attached hydrogens (tertiary/aromatic N) is 7. The summed E-state index contributed by atoms with van der Waals surface area (Å²) in [5, 5.41) is 19.1. The Morgan fingerprint density at radius 3 is 2.61 bits per heavy atom. The van der Waals surface area contributed by atoms with Crippen molar-refractivity contribution in [3.05, 3.63) is 40.1 Å². The van der Waals surface area contributed by atoms with E-state index in [0.717, 1.165) is 6.07 Å². The molecule has 2 aromatic heterocycles. The summed E-state index contributed by atoms with van der Waals surface area (Å²) in [7, 11) is 1.70. The van der Waals surface area contributed by atoms with E-state index in [-0.39, 0.29) is 17.9 Å². The highest BCUT2D eigenvalue weighted by molar-refractivity contribution is 9.10. The Morgan fingerprint density at radius 2 is 1.96 bits per heavy atom. The third-order valence-corrected chi connectivity index (χ3v) is 3.43. The van der Waals surface area contributed by atoms with E-state index in [1.807, 2.05) is 0 Å². The molecular formula is C12H9BrF3N7. The van der Waals surface area contributed by atoms with Gasteiger partial charge in [0.1, 0.15) is 12.2 Å². The number of hydrogen-bond acceptors (Lipinski definition) is 5. The maximum atomic E-state index is 13.1. The number of benzene rings is 1. The minimum absolute atomic E-state index is 0.103. The van der Waals surface area contributed by atoms with Crippen LogP contribution in [0.25, 0.3) is 11.4 Å². The Labute approximate surface area is 136 Å². The third-order valence-electron chi connectivity index (χ3n) is 2.93. The van der Waals surface area contributed by atoms with Crippen molar-refractivity contribution in [2.24, 2.45) is 7.05 Å². The van der Waals surface area contributed by atoms with Gasteiger partial charge in [-0.25, -0.2) is 0 Å². The predicted molar refractivity (Wildman–Crippen MR) is 76.1 cm³/mol. The van der Waals surface area contributed by atoms with Crippen LogP contribution in [-0.2, 0) is 19.8 Å². The topological polar surface area (TPSA) is 74.3 Å². The second-order valence-electron chi connectivity index (χ2n) is 4.71. The molecule has 120 valence electrons. The van der Waals surface area contributed by atoms with E-state index in [9.17, 15) is 13.2 Å². The smallest absolute Gasteiger partial charge is 0.255 e. The van der Waals surface area contributed by atoms with Gasteiger partial charge in [0.25, 0.3) is 0 Å². The Balaban J connectivity index is 1.94. The van der Waals surface area contributed by atoms with Gasteiger partial charge < -0.3 is 0 Å². The summed E-state index contributed by atoms with van der Waals surface area (Å²) in [6.07, 6.45) is -2.86. The van der Waals surface area contributed by atoms with Crippen molar-refractivity contribution in [1.82, 2.24) is 35.2 Å². The lowest BCUT2D eigenvalue weighted by Gasteiger charge is -2.10. The maximum Gasteiger partial charge on any atom is 0.417 e. The Bertz CT molecular complexity index is 839. The molecule has 11 heteroatoms. The van der Waals surface area contributed by atoms with Crippen LogP contribution in [0.4, 0.5) is 13.2 Å². The molecule has 7 nitrogen and oxygen atoms in total. The van der Waals surface area contributed by atoms with E-state index in [1.54, 1.807) is 13.2 Å². The Hall–Kier alpha value is -2.30. The predicted octanol–water partition coefficient (Wildman–Crippen LogP) is 2.30. The molecule has 0 aliphatic heterocycles. The number of halogens is 4. The average molecular weight is 388 g/mol. The lowest BCUT2D eigenvalue weighted by molar-refractivity contribution is -0.137. The highest BCUT2D eigenvalue weighted by Crippen LogP contribution is 2.37. The first-order valence-corrected chi connectivity index (χ1v) is 7.12. The summed E-state index contributed by atoms with van der Waals surface area (Å²) in [4.78, 5) is 1.17. The minimum atomic E-state index is -4.52. The minimum Gasteiger partial charge on any atom is -0.255 e. The molecule has 23 heavy (non-hydrogen) atoms. The maximum absolute atomic E-state index is 13.1. The van der Waals surface area contributed by atoms with Gasteiger partial charge in [-0.05, 0) is 23.4 Å².